The fourth-order valence-corrected chi connectivity index (χ4v) is 2.29. The number of nitrogens with two attached hydrogens (primary N) is 1. The van der Waals surface area contributed by atoms with E-state index < -0.39 is 0 Å². The molecule has 1 aliphatic heterocycles. The molecule has 0 aromatic carbocycles. The highest BCUT2D eigenvalue weighted by molar-refractivity contribution is 5.82. The van der Waals surface area contributed by atoms with Gasteiger partial charge in [0.05, 0.1) is 12.3 Å². The summed E-state index contributed by atoms with van der Waals surface area (Å²) in [6.45, 7) is 4.95. The molecule has 1 atom stereocenters. The first-order chi connectivity index (χ1) is 8.65. The molecule has 2 heterocycles. The van der Waals surface area contributed by atoms with E-state index in [4.69, 9.17) is 10.5 Å². The number of hydrogen-bond donors (Lipinski definition) is 1. The summed E-state index contributed by atoms with van der Waals surface area (Å²) in [5, 5.41) is 0. The molecule has 0 saturated carbocycles. The smallest absolute Gasteiger partial charge is 0.328 e. The number of anilines is 2. The van der Waals surface area contributed by atoms with Gasteiger partial charge in [0.2, 0.25) is 0 Å². The van der Waals surface area contributed by atoms with Crippen molar-refractivity contribution in [1.82, 2.24) is 4.98 Å². The Morgan fingerprint density at radius 3 is 3.17 bits per heavy atom. The Hall–Kier alpha value is -1.78. The fraction of sp³-hybridized carbons (Fsp3) is 0.538. The van der Waals surface area contributed by atoms with Crippen LogP contribution in [0.5, 0.6) is 0 Å². The molecular weight excluding hydrogens is 230 g/mol. The predicted molar refractivity (Wildman–Crippen MR) is 70.4 cm³/mol. The van der Waals surface area contributed by atoms with Gasteiger partial charge in [0.1, 0.15) is 6.04 Å². The Morgan fingerprint density at radius 1 is 1.67 bits per heavy atom. The van der Waals surface area contributed by atoms with E-state index in [0.717, 1.165) is 24.9 Å². The van der Waals surface area contributed by atoms with E-state index in [1.54, 1.807) is 6.20 Å². The van der Waals surface area contributed by atoms with E-state index in [9.17, 15) is 4.79 Å². The number of esters is 1. The molecule has 1 unspecified atom stereocenters. The van der Waals surface area contributed by atoms with Crippen molar-refractivity contribution in [3.05, 3.63) is 17.8 Å². The van der Waals surface area contributed by atoms with Crippen molar-refractivity contribution in [2.24, 2.45) is 0 Å². The zero-order valence-corrected chi connectivity index (χ0v) is 10.8. The monoisotopic (exact) mass is 249 g/mol. The zero-order chi connectivity index (χ0) is 13.1. The van der Waals surface area contributed by atoms with Crippen LogP contribution in [0.1, 0.15) is 25.3 Å². The van der Waals surface area contributed by atoms with Crippen LogP contribution in [0.3, 0.4) is 0 Å². The molecule has 1 aliphatic rings. The molecule has 2 rings (SSSR count). The lowest BCUT2D eigenvalue weighted by atomic mass is 10.2. The molecule has 98 valence electrons. The molecule has 0 spiro atoms. The van der Waals surface area contributed by atoms with Crippen LogP contribution in [0, 0.1) is 6.92 Å². The van der Waals surface area contributed by atoms with Gasteiger partial charge in [-0.2, -0.15) is 0 Å². The fourth-order valence-electron chi connectivity index (χ4n) is 2.29. The lowest BCUT2D eigenvalue weighted by Gasteiger charge is -2.25. The van der Waals surface area contributed by atoms with Crippen LogP contribution in [0.2, 0.25) is 0 Å². The number of aromatic nitrogens is 1. The second-order valence-corrected chi connectivity index (χ2v) is 4.47. The molecular formula is C13H19N3O2. The van der Waals surface area contributed by atoms with Crippen LogP contribution in [0.25, 0.3) is 0 Å². The Bertz CT molecular complexity index is 448. The van der Waals surface area contributed by atoms with Gasteiger partial charge in [-0.1, -0.05) is 0 Å². The number of rotatable bonds is 3. The Balaban J connectivity index is 2.26. The normalized spacial score (nSPS) is 19.0. The summed E-state index contributed by atoms with van der Waals surface area (Å²) >= 11 is 0. The highest BCUT2D eigenvalue weighted by atomic mass is 16.5. The predicted octanol–water partition coefficient (Wildman–Crippen LogP) is 1.50. The maximum absolute atomic E-state index is 11.9. The second-order valence-electron chi connectivity index (χ2n) is 4.47. The lowest BCUT2D eigenvalue weighted by molar-refractivity contribution is -0.144. The van der Waals surface area contributed by atoms with Crippen molar-refractivity contribution in [3.63, 3.8) is 0 Å². The van der Waals surface area contributed by atoms with E-state index in [-0.39, 0.29) is 12.0 Å². The maximum atomic E-state index is 11.9. The van der Waals surface area contributed by atoms with Crippen LogP contribution >= 0.6 is 0 Å². The summed E-state index contributed by atoms with van der Waals surface area (Å²) in [5.74, 6) is 0.517. The standard InChI is InChI=1S/C13H19N3O2/c1-3-18-13(17)10-5-4-8-16(10)12-11(14)9(2)6-7-15-12/h6-7,10H,3-5,8,14H2,1-2H3. The van der Waals surface area contributed by atoms with Crippen molar-refractivity contribution < 1.29 is 9.53 Å². The largest absolute Gasteiger partial charge is 0.464 e. The van der Waals surface area contributed by atoms with Crippen LogP contribution in [0.4, 0.5) is 11.5 Å². The quantitative estimate of drug-likeness (QED) is 0.822. The molecule has 2 N–H and O–H groups in total. The van der Waals surface area contributed by atoms with Gasteiger partial charge in [0.15, 0.2) is 5.82 Å². The summed E-state index contributed by atoms with van der Waals surface area (Å²) in [6, 6.07) is 1.62. The minimum Gasteiger partial charge on any atom is -0.464 e. The SMILES string of the molecule is CCOC(=O)C1CCCN1c1nccc(C)c1N. The Kier molecular flexibility index (Phi) is 3.69. The van der Waals surface area contributed by atoms with E-state index in [0.29, 0.717) is 18.1 Å². The van der Waals surface area contributed by atoms with E-state index in [1.165, 1.54) is 0 Å². The number of ether oxygens (including phenoxy) is 1. The summed E-state index contributed by atoms with van der Waals surface area (Å²) in [7, 11) is 0. The summed E-state index contributed by atoms with van der Waals surface area (Å²) < 4.78 is 5.10. The molecule has 5 heteroatoms. The summed E-state index contributed by atoms with van der Waals surface area (Å²) in [5.41, 5.74) is 7.67. The number of nitrogen functional groups attached to an aromatic ring is 1. The number of pyridine rings is 1. The number of nitrogens with zero attached hydrogens (tertiary/aromatic N) is 2. The van der Waals surface area contributed by atoms with Crippen molar-refractivity contribution in [2.75, 3.05) is 23.8 Å². The minimum absolute atomic E-state index is 0.183. The first-order valence-corrected chi connectivity index (χ1v) is 6.29. The molecule has 0 amide bonds. The number of carbonyl (C=O) groups excluding carboxylic acids is 1. The van der Waals surface area contributed by atoms with E-state index in [2.05, 4.69) is 4.98 Å². The number of hydrogen-bond acceptors (Lipinski definition) is 5. The third kappa shape index (κ3) is 2.25. The zero-order valence-electron chi connectivity index (χ0n) is 10.8. The van der Waals surface area contributed by atoms with Crippen LogP contribution in [0.15, 0.2) is 12.3 Å². The molecule has 1 aromatic heterocycles. The van der Waals surface area contributed by atoms with Gasteiger partial charge in [0, 0.05) is 12.7 Å². The third-order valence-corrected chi connectivity index (χ3v) is 3.27. The van der Waals surface area contributed by atoms with Crippen molar-refractivity contribution in [2.45, 2.75) is 32.7 Å². The van der Waals surface area contributed by atoms with Crippen molar-refractivity contribution in [1.29, 1.82) is 0 Å². The second kappa shape index (κ2) is 5.25. The molecule has 1 aromatic rings. The minimum atomic E-state index is -0.249. The van der Waals surface area contributed by atoms with Gasteiger partial charge < -0.3 is 15.4 Å². The van der Waals surface area contributed by atoms with Crippen molar-refractivity contribution in [3.8, 4) is 0 Å². The molecule has 5 nitrogen and oxygen atoms in total. The van der Waals surface area contributed by atoms with Gasteiger partial charge in [-0.3, -0.25) is 0 Å². The molecule has 0 bridgehead atoms. The van der Waals surface area contributed by atoms with Gasteiger partial charge in [-0.05, 0) is 38.3 Å². The van der Waals surface area contributed by atoms with Gasteiger partial charge in [0.25, 0.3) is 0 Å². The molecule has 18 heavy (non-hydrogen) atoms. The Labute approximate surface area is 107 Å². The Morgan fingerprint density at radius 2 is 2.44 bits per heavy atom. The van der Waals surface area contributed by atoms with Crippen LogP contribution in [-0.2, 0) is 9.53 Å². The molecule has 1 saturated heterocycles. The lowest BCUT2D eigenvalue weighted by Crippen LogP contribution is -2.38. The maximum Gasteiger partial charge on any atom is 0.328 e. The average molecular weight is 249 g/mol. The summed E-state index contributed by atoms with van der Waals surface area (Å²) in [6.07, 6.45) is 3.48. The number of carbonyl (C=O) groups is 1. The van der Waals surface area contributed by atoms with Crippen LogP contribution in [-0.4, -0.2) is 30.1 Å². The third-order valence-electron chi connectivity index (χ3n) is 3.27. The van der Waals surface area contributed by atoms with E-state index in [1.807, 2.05) is 24.8 Å². The first-order valence-electron chi connectivity index (χ1n) is 6.29. The molecule has 1 fully saturated rings. The van der Waals surface area contributed by atoms with E-state index >= 15 is 0 Å². The molecule has 0 aliphatic carbocycles. The summed E-state index contributed by atoms with van der Waals surface area (Å²) in [4.78, 5) is 18.2. The topological polar surface area (TPSA) is 68.5 Å². The van der Waals surface area contributed by atoms with Gasteiger partial charge >= 0.3 is 5.97 Å². The average Bonchev–Trinajstić information content (AvgIpc) is 2.82. The van der Waals surface area contributed by atoms with Gasteiger partial charge in [-0.25, -0.2) is 9.78 Å². The van der Waals surface area contributed by atoms with Crippen molar-refractivity contribution >= 4 is 17.5 Å². The molecule has 0 radical (unpaired) electrons. The van der Waals surface area contributed by atoms with Gasteiger partial charge in [-0.15, -0.1) is 0 Å². The highest BCUT2D eigenvalue weighted by Gasteiger charge is 2.33. The number of aryl methyl sites for hydroxylation is 1. The highest BCUT2D eigenvalue weighted by Crippen LogP contribution is 2.30. The first kappa shape index (κ1) is 12.7. The van der Waals surface area contributed by atoms with Crippen LogP contribution < -0.4 is 10.6 Å².